The van der Waals surface area contributed by atoms with Crippen LogP contribution in [0.1, 0.15) is 50.7 Å². The average molecular weight is 381 g/mol. The number of anilines is 2. The van der Waals surface area contributed by atoms with Gasteiger partial charge in [-0.25, -0.2) is 4.98 Å². The molecule has 0 spiro atoms. The van der Waals surface area contributed by atoms with Crippen molar-refractivity contribution in [2.24, 2.45) is 0 Å². The third-order valence-corrected chi connectivity index (χ3v) is 4.29. The van der Waals surface area contributed by atoms with Crippen molar-refractivity contribution in [1.82, 2.24) is 9.97 Å². The molecule has 0 aliphatic rings. The van der Waals surface area contributed by atoms with Gasteiger partial charge in [-0.05, 0) is 37.5 Å². The van der Waals surface area contributed by atoms with Crippen LogP contribution in [0.2, 0.25) is 0 Å². The number of nitrogens with zero attached hydrogens (tertiary/aromatic N) is 3. The predicted molar refractivity (Wildman–Crippen MR) is 101 cm³/mol. The fraction of sp³-hybridized carbons (Fsp3) is 0.500. The molecular weight excluding hydrogens is 355 g/mol. The number of ether oxygens (including phenoxy) is 1. The van der Waals surface area contributed by atoms with Crippen molar-refractivity contribution in [1.29, 1.82) is 0 Å². The zero-order valence-corrected chi connectivity index (χ0v) is 16.0. The summed E-state index contributed by atoms with van der Waals surface area (Å²) in [7, 11) is 1.56. The van der Waals surface area contributed by atoms with Crippen LogP contribution in [0.3, 0.4) is 0 Å². The maximum atomic E-state index is 13.4. The lowest BCUT2D eigenvalue weighted by Gasteiger charge is -2.22. The SMILES string of the molecule is CCCCCCc1ccc(N(C)c2nc(OCC)ncc2C(F)(F)F)cc1. The van der Waals surface area contributed by atoms with E-state index >= 15 is 0 Å². The molecule has 0 unspecified atom stereocenters. The number of hydrogen-bond donors (Lipinski definition) is 0. The standard InChI is InChI=1S/C20H26F3N3O/c1-4-6-7-8-9-15-10-12-16(13-11-15)26(3)18-17(20(21,22)23)14-24-19(25-18)27-5-2/h10-14H,4-9H2,1-3H3. The number of aryl methyl sites for hydroxylation is 1. The molecular formula is C20H26F3N3O. The van der Waals surface area contributed by atoms with Crippen LogP contribution in [0.15, 0.2) is 30.5 Å². The summed E-state index contributed by atoms with van der Waals surface area (Å²) >= 11 is 0. The Kier molecular flexibility index (Phi) is 7.45. The van der Waals surface area contributed by atoms with E-state index in [-0.39, 0.29) is 18.4 Å². The Morgan fingerprint density at radius 3 is 2.33 bits per heavy atom. The second-order valence-electron chi connectivity index (χ2n) is 6.36. The maximum Gasteiger partial charge on any atom is 0.421 e. The molecule has 0 fully saturated rings. The van der Waals surface area contributed by atoms with Crippen molar-refractivity contribution in [2.45, 2.75) is 52.1 Å². The number of halogens is 3. The quantitative estimate of drug-likeness (QED) is 0.516. The molecule has 1 aromatic carbocycles. The molecule has 1 heterocycles. The first kappa shape index (κ1) is 21.0. The second-order valence-corrected chi connectivity index (χ2v) is 6.36. The van der Waals surface area contributed by atoms with Crippen LogP contribution in [-0.4, -0.2) is 23.6 Å². The first-order valence-corrected chi connectivity index (χ1v) is 9.26. The van der Waals surface area contributed by atoms with Crippen molar-refractivity contribution < 1.29 is 17.9 Å². The highest BCUT2D eigenvalue weighted by Gasteiger charge is 2.36. The minimum Gasteiger partial charge on any atom is -0.464 e. The van der Waals surface area contributed by atoms with Gasteiger partial charge in [-0.15, -0.1) is 0 Å². The molecule has 0 N–H and O–H groups in total. The molecule has 0 bridgehead atoms. The molecule has 2 rings (SSSR count). The summed E-state index contributed by atoms with van der Waals surface area (Å²) in [5, 5.41) is 0. The predicted octanol–water partition coefficient (Wildman–Crippen LogP) is 5.78. The molecule has 1 aromatic heterocycles. The van der Waals surface area contributed by atoms with Gasteiger partial charge in [-0.3, -0.25) is 0 Å². The summed E-state index contributed by atoms with van der Waals surface area (Å²) in [6, 6.07) is 7.47. The van der Waals surface area contributed by atoms with Crippen LogP contribution >= 0.6 is 0 Å². The van der Waals surface area contributed by atoms with Gasteiger partial charge in [0.1, 0.15) is 5.56 Å². The molecule has 27 heavy (non-hydrogen) atoms. The van der Waals surface area contributed by atoms with E-state index in [0.29, 0.717) is 5.69 Å². The Balaban J connectivity index is 2.22. The molecule has 0 saturated heterocycles. The molecule has 0 amide bonds. The summed E-state index contributed by atoms with van der Waals surface area (Å²) < 4.78 is 45.2. The summed E-state index contributed by atoms with van der Waals surface area (Å²) in [5.41, 5.74) is 0.910. The Bertz CT molecular complexity index is 717. The number of aromatic nitrogens is 2. The van der Waals surface area contributed by atoms with E-state index in [2.05, 4.69) is 16.9 Å². The van der Waals surface area contributed by atoms with Crippen molar-refractivity contribution in [3.63, 3.8) is 0 Å². The Hall–Kier alpha value is -2.31. The fourth-order valence-corrected chi connectivity index (χ4v) is 2.78. The van der Waals surface area contributed by atoms with Crippen LogP contribution in [0.4, 0.5) is 24.7 Å². The highest BCUT2D eigenvalue weighted by atomic mass is 19.4. The van der Waals surface area contributed by atoms with E-state index in [0.717, 1.165) is 19.0 Å². The van der Waals surface area contributed by atoms with Gasteiger partial charge in [0.15, 0.2) is 5.82 Å². The Labute approximate surface area is 158 Å². The van der Waals surface area contributed by atoms with Gasteiger partial charge in [0.05, 0.1) is 6.61 Å². The minimum atomic E-state index is -4.55. The lowest BCUT2D eigenvalue weighted by atomic mass is 10.1. The highest BCUT2D eigenvalue weighted by Crippen LogP contribution is 2.37. The van der Waals surface area contributed by atoms with E-state index < -0.39 is 11.7 Å². The summed E-state index contributed by atoms with van der Waals surface area (Å²) in [6.07, 6.45) is 1.91. The van der Waals surface area contributed by atoms with E-state index in [1.165, 1.54) is 29.7 Å². The van der Waals surface area contributed by atoms with E-state index in [1.807, 2.05) is 24.3 Å². The number of hydrogen-bond acceptors (Lipinski definition) is 4. The van der Waals surface area contributed by atoms with Gasteiger partial charge >= 0.3 is 12.2 Å². The van der Waals surface area contributed by atoms with E-state index in [4.69, 9.17) is 4.74 Å². The second kappa shape index (κ2) is 9.58. The van der Waals surface area contributed by atoms with Crippen molar-refractivity contribution in [2.75, 3.05) is 18.6 Å². The summed E-state index contributed by atoms with van der Waals surface area (Å²) in [6.45, 7) is 4.18. The molecule has 2 aromatic rings. The topological polar surface area (TPSA) is 38.2 Å². The smallest absolute Gasteiger partial charge is 0.421 e. The van der Waals surface area contributed by atoms with Gasteiger partial charge in [-0.1, -0.05) is 38.3 Å². The van der Waals surface area contributed by atoms with Gasteiger partial charge in [0.25, 0.3) is 0 Å². The van der Waals surface area contributed by atoms with Gasteiger partial charge in [0.2, 0.25) is 0 Å². The molecule has 0 atom stereocenters. The minimum absolute atomic E-state index is 0.0695. The van der Waals surface area contributed by atoms with Gasteiger partial charge in [-0.2, -0.15) is 18.2 Å². The number of rotatable bonds is 9. The highest BCUT2D eigenvalue weighted by molar-refractivity contribution is 5.63. The summed E-state index contributed by atoms with van der Waals surface area (Å²) in [4.78, 5) is 9.04. The van der Waals surface area contributed by atoms with E-state index in [1.54, 1.807) is 14.0 Å². The first-order chi connectivity index (χ1) is 12.9. The molecule has 0 aliphatic carbocycles. The van der Waals surface area contributed by atoms with Gasteiger partial charge < -0.3 is 9.64 Å². The van der Waals surface area contributed by atoms with Crippen LogP contribution in [0, 0.1) is 0 Å². The lowest BCUT2D eigenvalue weighted by molar-refractivity contribution is -0.137. The van der Waals surface area contributed by atoms with Crippen LogP contribution in [0.25, 0.3) is 0 Å². The van der Waals surface area contributed by atoms with Crippen molar-refractivity contribution >= 4 is 11.5 Å². The first-order valence-electron chi connectivity index (χ1n) is 9.26. The molecule has 148 valence electrons. The maximum absolute atomic E-state index is 13.4. The number of alkyl halides is 3. The molecule has 0 saturated carbocycles. The van der Waals surface area contributed by atoms with E-state index in [9.17, 15) is 13.2 Å². The molecule has 0 aliphatic heterocycles. The average Bonchev–Trinajstić information content (AvgIpc) is 2.64. The van der Waals surface area contributed by atoms with Crippen molar-refractivity contribution in [3.05, 3.63) is 41.6 Å². The molecule has 0 radical (unpaired) electrons. The molecule has 7 heteroatoms. The Morgan fingerprint density at radius 1 is 1.04 bits per heavy atom. The Morgan fingerprint density at radius 2 is 1.74 bits per heavy atom. The monoisotopic (exact) mass is 381 g/mol. The lowest BCUT2D eigenvalue weighted by Crippen LogP contribution is -2.19. The van der Waals surface area contributed by atoms with Gasteiger partial charge in [0, 0.05) is 18.9 Å². The zero-order valence-electron chi connectivity index (χ0n) is 16.0. The number of benzene rings is 1. The van der Waals surface area contributed by atoms with Crippen molar-refractivity contribution in [3.8, 4) is 6.01 Å². The third kappa shape index (κ3) is 5.84. The number of unbranched alkanes of at least 4 members (excludes halogenated alkanes) is 3. The zero-order chi connectivity index (χ0) is 19.9. The van der Waals surface area contributed by atoms with Crippen LogP contribution in [0.5, 0.6) is 6.01 Å². The third-order valence-electron chi connectivity index (χ3n) is 4.29. The molecule has 4 nitrogen and oxygen atoms in total. The fourth-order valence-electron chi connectivity index (χ4n) is 2.78. The van der Waals surface area contributed by atoms with Crippen LogP contribution in [-0.2, 0) is 12.6 Å². The summed E-state index contributed by atoms with van der Waals surface area (Å²) in [5.74, 6) is -0.225. The normalized spacial score (nSPS) is 11.5. The largest absolute Gasteiger partial charge is 0.464 e. The van der Waals surface area contributed by atoms with Crippen LogP contribution < -0.4 is 9.64 Å².